The molecule has 0 bridgehead atoms. The third-order valence-corrected chi connectivity index (χ3v) is 11.1. The van der Waals surface area contributed by atoms with E-state index < -0.39 is 12.2 Å². The van der Waals surface area contributed by atoms with Gasteiger partial charge in [0, 0.05) is 13.2 Å². The van der Waals surface area contributed by atoms with Crippen LogP contribution in [0.25, 0.3) is 0 Å². The maximum atomic E-state index is 10.3. The van der Waals surface area contributed by atoms with E-state index in [1.165, 1.54) is 116 Å². The summed E-state index contributed by atoms with van der Waals surface area (Å²) in [5.74, 6) is 6.33. The highest BCUT2D eigenvalue weighted by atomic mass is 16.5. The summed E-state index contributed by atoms with van der Waals surface area (Å²) < 4.78 is 12.0. The minimum absolute atomic E-state index is 0.288. The molecule has 0 aliphatic carbocycles. The fourth-order valence-electron chi connectivity index (χ4n) is 7.17. The summed E-state index contributed by atoms with van der Waals surface area (Å²) >= 11 is 0. The van der Waals surface area contributed by atoms with Crippen molar-refractivity contribution < 1.29 is 19.7 Å². The lowest BCUT2D eigenvalue weighted by molar-refractivity contribution is -0.0960. The predicted octanol–water partition coefficient (Wildman–Crippen LogP) is 12.7. The first-order valence-electron chi connectivity index (χ1n) is 21.3. The normalized spacial score (nSPS) is 17.4. The van der Waals surface area contributed by atoms with E-state index in [1.807, 2.05) is 0 Å². The third kappa shape index (κ3) is 30.6. The van der Waals surface area contributed by atoms with Crippen LogP contribution in [0.1, 0.15) is 198 Å². The highest BCUT2D eigenvalue weighted by Gasteiger charge is 2.20. The Morgan fingerprint density at radius 3 is 1.00 bits per heavy atom. The molecule has 0 amide bonds. The van der Waals surface area contributed by atoms with E-state index in [4.69, 9.17) is 9.47 Å². The fraction of sp³-hybridized carbons (Fsp3) is 1.00. The van der Waals surface area contributed by atoms with Gasteiger partial charge in [-0.1, -0.05) is 185 Å². The molecule has 0 spiro atoms. The van der Waals surface area contributed by atoms with Gasteiger partial charge in [-0.2, -0.15) is 0 Å². The van der Waals surface area contributed by atoms with Crippen LogP contribution >= 0.6 is 0 Å². The molecule has 0 rings (SSSR count). The van der Waals surface area contributed by atoms with Crippen molar-refractivity contribution in [3.8, 4) is 0 Å². The van der Waals surface area contributed by atoms with Crippen molar-refractivity contribution in [1.82, 2.24) is 0 Å². The van der Waals surface area contributed by atoms with E-state index >= 15 is 0 Å². The van der Waals surface area contributed by atoms with Crippen molar-refractivity contribution in [2.24, 2.45) is 47.3 Å². The molecule has 2 N–H and O–H groups in total. The first-order chi connectivity index (χ1) is 22.8. The Morgan fingerprint density at radius 2 is 0.688 bits per heavy atom. The maximum absolute atomic E-state index is 10.3. The topological polar surface area (TPSA) is 58.9 Å². The molecule has 0 saturated heterocycles. The van der Waals surface area contributed by atoms with Gasteiger partial charge >= 0.3 is 0 Å². The van der Waals surface area contributed by atoms with Crippen molar-refractivity contribution >= 4 is 0 Å². The van der Waals surface area contributed by atoms with E-state index in [1.54, 1.807) is 0 Å². The first-order valence-corrected chi connectivity index (χ1v) is 21.3. The van der Waals surface area contributed by atoms with Crippen molar-refractivity contribution in [1.29, 1.82) is 0 Å². The first kappa shape index (κ1) is 47.8. The summed E-state index contributed by atoms with van der Waals surface area (Å²) in [7, 11) is 0. The molecular weight excluding hydrogens is 592 g/mol. The Hall–Kier alpha value is -0.160. The van der Waals surface area contributed by atoms with Crippen molar-refractivity contribution in [3.63, 3.8) is 0 Å². The smallest absolute Gasteiger partial charge is 0.109 e. The van der Waals surface area contributed by atoms with Crippen LogP contribution in [0.2, 0.25) is 0 Å². The summed E-state index contributed by atoms with van der Waals surface area (Å²) in [6.45, 7) is 25.1. The molecule has 4 heteroatoms. The molecule has 290 valence electrons. The summed E-state index contributed by atoms with van der Waals surface area (Å²) in [6, 6.07) is 0. The molecule has 48 heavy (non-hydrogen) atoms. The lowest BCUT2D eigenvalue weighted by Crippen LogP contribution is -2.36. The van der Waals surface area contributed by atoms with Crippen LogP contribution in [0.3, 0.4) is 0 Å². The van der Waals surface area contributed by atoms with Gasteiger partial charge in [0.1, 0.15) is 12.2 Å². The van der Waals surface area contributed by atoms with Gasteiger partial charge in [-0.15, -0.1) is 0 Å². The van der Waals surface area contributed by atoms with E-state index in [0.29, 0.717) is 31.7 Å². The molecule has 8 unspecified atom stereocenters. The zero-order valence-electron chi connectivity index (χ0n) is 34.5. The minimum Gasteiger partial charge on any atom is -0.394 e. The second kappa shape index (κ2) is 31.6. The quantitative estimate of drug-likeness (QED) is 0.0653. The molecule has 8 atom stereocenters. The van der Waals surface area contributed by atoms with Gasteiger partial charge in [-0.25, -0.2) is 0 Å². The van der Waals surface area contributed by atoms with Crippen LogP contribution in [0, 0.1) is 47.3 Å². The Morgan fingerprint density at radius 1 is 0.396 bits per heavy atom. The molecule has 0 radical (unpaired) electrons. The van der Waals surface area contributed by atoms with E-state index in [2.05, 4.69) is 69.2 Å². The Kier molecular flexibility index (Phi) is 31.5. The van der Waals surface area contributed by atoms with Gasteiger partial charge in [0.25, 0.3) is 0 Å². The Balaban J connectivity index is 3.99. The van der Waals surface area contributed by atoms with Gasteiger partial charge in [-0.3, -0.25) is 0 Å². The Bertz CT molecular complexity index is 666. The van der Waals surface area contributed by atoms with Crippen LogP contribution in [0.5, 0.6) is 0 Å². The lowest BCUT2D eigenvalue weighted by Gasteiger charge is -2.23. The maximum Gasteiger partial charge on any atom is 0.109 e. The number of ether oxygens (including phenoxy) is 2. The van der Waals surface area contributed by atoms with Crippen LogP contribution < -0.4 is 0 Å². The molecule has 0 aliphatic rings. The molecule has 0 aromatic rings. The zero-order valence-corrected chi connectivity index (χ0v) is 34.5. The zero-order chi connectivity index (χ0) is 36.2. The highest BCUT2D eigenvalue weighted by Crippen LogP contribution is 2.24. The summed E-state index contributed by atoms with van der Waals surface area (Å²) in [5, 5.41) is 19.9. The van der Waals surface area contributed by atoms with Gasteiger partial charge < -0.3 is 19.7 Å². The van der Waals surface area contributed by atoms with Gasteiger partial charge in [0.05, 0.1) is 13.2 Å². The second-order valence-corrected chi connectivity index (χ2v) is 17.8. The fourth-order valence-corrected chi connectivity index (χ4v) is 7.17. The van der Waals surface area contributed by atoms with E-state index in [0.717, 1.165) is 48.3 Å². The summed E-state index contributed by atoms with van der Waals surface area (Å²) in [4.78, 5) is 0. The Labute approximate surface area is 302 Å². The average Bonchev–Trinajstić information content (AvgIpc) is 3.01. The SMILES string of the molecule is CC(C)CCCC(C)CCCC(C)CCCC(C)CCOCC(OCCC(C)CCCC(C)CCCC(C)CCCC(C)C)C(O)CO. The number of rotatable bonds is 35. The number of hydrogen-bond donors (Lipinski definition) is 2. The van der Waals surface area contributed by atoms with Crippen molar-refractivity contribution in [3.05, 3.63) is 0 Å². The van der Waals surface area contributed by atoms with Gasteiger partial charge in [0.2, 0.25) is 0 Å². The molecule has 0 aromatic carbocycles. The van der Waals surface area contributed by atoms with E-state index in [9.17, 15) is 10.2 Å². The number of hydrogen-bond acceptors (Lipinski definition) is 4. The van der Waals surface area contributed by atoms with Gasteiger partial charge in [0.15, 0.2) is 0 Å². The van der Waals surface area contributed by atoms with Crippen LogP contribution in [0.4, 0.5) is 0 Å². The minimum atomic E-state index is -0.888. The molecule has 0 heterocycles. The molecule has 0 fully saturated rings. The highest BCUT2D eigenvalue weighted by molar-refractivity contribution is 4.69. The van der Waals surface area contributed by atoms with Crippen molar-refractivity contribution in [2.45, 2.75) is 210 Å². The third-order valence-electron chi connectivity index (χ3n) is 11.1. The summed E-state index contributed by atoms with van der Waals surface area (Å²) in [6.07, 6.45) is 25.0. The lowest BCUT2D eigenvalue weighted by atomic mass is 9.91. The standard InChI is InChI=1S/C44H90O4/c1-35(2)17-11-19-37(5)21-13-23-39(7)25-15-27-41(9)29-31-47-34-44(43(46)33-45)48-32-30-42(10)28-16-26-40(8)24-14-22-38(6)20-12-18-36(3)4/h35-46H,11-34H2,1-10H3. The monoisotopic (exact) mass is 683 g/mol. The second-order valence-electron chi connectivity index (χ2n) is 17.8. The van der Waals surface area contributed by atoms with Crippen molar-refractivity contribution in [2.75, 3.05) is 26.4 Å². The summed E-state index contributed by atoms with van der Waals surface area (Å²) in [5.41, 5.74) is 0. The molecule has 0 aliphatic heterocycles. The molecule has 0 saturated carbocycles. The van der Waals surface area contributed by atoms with Crippen LogP contribution in [-0.2, 0) is 9.47 Å². The predicted molar refractivity (Wildman–Crippen MR) is 211 cm³/mol. The van der Waals surface area contributed by atoms with Gasteiger partial charge in [-0.05, 0) is 60.2 Å². The average molecular weight is 683 g/mol. The van der Waals surface area contributed by atoms with Crippen LogP contribution in [0.15, 0.2) is 0 Å². The molecular formula is C44H90O4. The van der Waals surface area contributed by atoms with E-state index in [-0.39, 0.29) is 6.61 Å². The largest absolute Gasteiger partial charge is 0.394 e. The molecule has 0 aromatic heterocycles. The number of aliphatic hydroxyl groups is 2. The van der Waals surface area contributed by atoms with Crippen LogP contribution in [-0.4, -0.2) is 48.8 Å². The number of aliphatic hydroxyl groups excluding tert-OH is 2. The molecule has 4 nitrogen and oxygen atoms in total.